The number of halogens is 3. The molecule has 3 nitrogen and oxygen atoms in total. The summed E-state index contributed by atoms with van der Waals surface area (Å²) in [4.78, 5) is 2.40. The molecule has 0 saturated carbocycles. The number of rotatable bonds is 4. The molecule has 2 N–H and O–H groups in total. The Balaban J connectivity index is 0.00000220. The number of hydrogen-bond donors (Lipinski definition) is 2. The first-order valence-corrected chi connectivity index (χ1v) is 7.71. The van der Waals surface area contributed by atoms with Crippen molar-refractivity contribution in [2.24, 2.45) is 5.41 Å². The largest absolute Gasteiger partial charge is 0.396 e. The van der Waals surface area contributed by atoms with Crippen molar-refractivity contribution in [1.82, 2.24) is 10.2 Å². The number of aliphatic hydroxyl groups excluding tert-OH is 1. The van der Waals surface area contributed by atoms with Crippen LogP contribution >= 0.6 is 35.6 Å². The van der Waals surface area contributed by atoms with Crippen LogP contribution in [0.25, 0.3) is 0 Å². The Hall–Kier alpha value is -0.0300. The van der Waals surface area contributed by atoms with Crippen LogP contribution in [0.5, 0.6) is 0 Å². The Morgan fingerprint density at radius 3 is 2.19 bits per heavy atom. The number of hydrogen-bond acceptors (Lipinski definition) is 3. The van der Waals surface area contributed by atoms with Crippen LogP contribution in [-0.4, -0.2) is 42.8 Å². The molecule has 21 heavy (non-hydrogen) atoms. The van der Waals surface area contributed by atoms with Gasteiger partial charge < -0.3 is 10.4 Å². The predicted molar refractivity (Wildman–Crippen MR) is 91.8 cm³/mol. The van der Waals surface area contributed by atoms with E-state index in [-0.39, 0.29) is 30.5 Å². The molecule has 1 aromatic carbocycles. The average molecular weight is 354 g/mol. The topological polar surface area (TPSA) is 35.5 Å². The second kappa shape index (κ2) is 8.00. The lowest BCUT2D eigenvalue weighted by Gasteiger charge is -2.43. The fourth-order valence-corrected chi connectivity index (χ4v) is 3.46. The third kappa shape index (κ3) is 4.72. The van der Waals surface area contributed by atoms with E-state index in [1.165, 1.54) is 0 Å². The van der Waals surface area contributed by atoms with Gasteiger partial charge in [0.15, 0.2) is 0 Å². The van der Waals surface area contributed by atoms with Gasteiger partial charge in [0.05, 0.1) is 0 Å². The SMILES string of the molecule is CC(C)(CO)[C@@H](c1cc(Cl)cc(Cl)c1)N1CCNCC1.Cl. The molecule has 0 radical (unpaired) electrons. The Bertz CT molecular complexity index is 442. The molecule has 0 unspecified atom stereocenters. The van der Waals surface area contributed by atoms with Crippen molar-refractivity contribution < 1.29 is 5.11 Å². The Labute approximate surface area is 143 Å². The van der Waals surface area contributed by atoms with Crippen LogP contribution in [0.4, 0.5) is 0 Å². The van der Waals surface area contributed by atoms with Crippen molar-refractivity contribution in [3.8, 4) is 0 Å². The maximum Gasteiger partial charge on any atom is 0.0500 e. The second-order valence-corrected chi connectivity index (χ2v) is 6.91. The molecular formula is C15H23Cl3N2O. The third-order valence-electron chi connectivity index (χ3n) is 3.87. The number of benzene rings is 1. The molecule has 120 valence electrons. The number of nitrogens with one attached hydrogen (secondary N) is 1. The maximum atomic E-state index is 9.79. The molecule has 0 spiro atoms. The van der Waals surface area contributed by atoms with E-state index in [1.54, 1.807) is 6.07 Å². The molecule has 2 rings (SSSR count). The fourth-order valence-electron chi connectivity index (χ4n) is 2.92. The normalized spacial score (nSPS) is 18.1. The molecule has 1 atom stereocenters. The molecule has 0 bridgehead atoms. The van der Waals surface area contributed by atoms with Crippen LogP contribution in [0.1, 0.15) is 25.5 Å². The lowest BCUT2D eigenvalue weighted by molar-refractivity contribution is 0.0305. The Kier molecular flexibility index (Phi) is 7.25. The zero-order valence-corrected chi connectivity index (χ0v) is 14.7. The van der Waals surface area contributed by atoms with Crippen molar-refractivity contribution in [2.45, 2.75) is 19.9 Å². The van der Waals surface area contributed by atoms with Crippen LogP contribution in [0.2, 0.25) is 10.0 Å². The average Bonchev–Trinajstić information content (AvgIpc) is 2.39. The maximum absolute atomic E-state index is 9.79. The lowest BCUT2D eigenvalue weighted by atomic mass is 9.80. The van der Waals surface area contributed by atoms with Gasteiger partial charge in [-0.25, -0.2) is 0 Å². The number of aliphatic hydroxyl groups is 1. The summed E-state index contributed by atoms with van der Waals surface area (Å²) in [6, 6.07) is 5.76. The van der Waals surface area contributed by atoms with Crippen molar-refractivity contribution in [1.29, 1.82) is 0 Å². The summed E-state index contributed by atoms with van der Waals surface area (Å²) in [5.74, 6) is 0. The molecule has 1 fully saturated rings. The van der Waals surface area contributed by atoms with Crippen LogP contribution in [-0.2, 0) is 0 Å². The van der Waals surface area contributed by atoms with Crippen LogP contribution in [0.3, 0.4) is 0 Å². The molecule has 0 aromatic heterocycles. The quantitative estimate of drug-likeness (QED) is 0.871. The number of nitrogens with zero attached hydrogens (tertiary/aromatic N) is 1. The van der Waals surface area contributed by atoms with Crippen LogP contribution in [0.15, 0.2) is 18.2 Å². The molecule has 0 aliphatic carbocycles. The molecule has 1 aliphatic heterocycles. The standard InChI is InChI=1S/C15H22Cl2N2O.ClH/c1-15(2,10-20)14(19-5-3-18-4-6-19)11-7-12(16)9-13(17)8-11;/h7-9,14,18,20H,3-6,10H2,1-2H3;1H/t14-;/m1./s1. The summed E-state index contributed by atoms with van der Waals surface area (Å²) in [5.41, 5.74) is 0.814. The molecular weight excluding hydrogens is 331 g/mol. The second-order valence-electron chi connectivity index (χ2n) is 6.04. The van der Waals surface area contributed by atoms with E-state index in [1.807, 2.05) is 12.1 Å². The summed E-state index contributed by atoms with van der Waals surface area (Å²) in [5, 5.41) is 14.4. The monoisotopic (exact) mass is 352 g/mol. The van der Waals surface area contributed by atoms with Gasteiger partial charge in [0, 0.05) is 54.3 Å². The highest BCUT2D eigenvalue weighted by Gasteiger charge is 2.35. The van der Waals surface area contributed by atoms with E-state index in [0.717, 1.165) is 31.7 Å². The van der Waals surface area contributed by atoms with Crippen LogP contribution in [0, 0.1) is 5.41 Å². The molecule has 6 heteroatoms. The minimum atomic E-state index is -0.259. The van der Waals surface area contributed by atoms with E-state index in [0.29, 0.717) is 10.0 Å². The summed E-state index contributed by atoms with van der Waals surface area (Å²) >= 11 is 12.3. The van der Waals surface area contributed by atoms with Gasteiger partial charge in [-0.3, -0.25) is 4.90 Å². The third-order valence-corrected chi connectivity index (χ3v) is 4.30. The van der Waals surface area contributed by atoms with Gasteiger partial charge >= 0.3 is 0 Å². The van der Waals surface area contributed by atoms with E-state index in [2.05, 4.69) is 24.1 Å². The first kappa shape index (κ1) is 19.0. The highest BCUT2D eigenvalue weighted by molar-refractivity contribution is 6.34. The molecule has 0 amide bonds. The smallest absolute Gasteiger partial charge is 0.0500 e. The van der Waals surface area contributed by atoms with E-state index in [4.69, 9.17) is 23.2 Å². The summed E-state index contributed by atoms with van der Waals surface area (Å²) in [7, 11) is 0. The molecule has 1 heterocycles. The Morgan fingerprint density at radius 1 is 1.19 bits per heavy atom. The van der Waals surface area contributed by atoms with Gasteiger partial charge in [0.25, 0.3) is 0 Å². The number of piperazine rings is 1. The van der Waals surface area contributed by atoms with Crippen LogP contribution < -0.4 is 5.32 Å². The van der Waals surface area contributed by atoms with Gasteiger partial charge in [0.2, 0.25) is 0 Å². The van der Waals surface area contributed by atoms with E-state index >= 15 is 0 Å². The fraction of sp³-hybridized carbons (Fsp3) is 0.600. The lowest BCUT2D eigenvalue weighted by Crippen LogP contribution is -2.49. The zero-order chi connectivity index (χ0) is 14.8. The summed E-state index contributed by atoms with van der Waals surface area (Å²) in [6.45, 7) is 8.11. The van der Waals surface area contributed by atoms with Crippen molar-refractivity contribution in [3.05, 3.63) is 33.8 Å². The Morgan fingerprint density at radius 2 is 1.71 bits per heavy atom. The highest BCUT2D eigenvalue weighted by atomic mass is 35.5. The minimum absolute atomic E-state index is 0. The summed E-state index contributed by atoms with van der Waals surface area (Å²) in [6.07, 6.45) is 0. The van der Waals surface area contributed by atoms with Gasteiger partial charge in [-0.15, -0.1) is 12.4 Å². The minimum Gasteiger partial charge on any atom is -0.396 e. The summed E-state index contributed by atoms with van der Waals surface area (Å²) < 4.78 is 0. The molecule has 1 aliphatic rings. The van der Waals surface area contributed by atoms with Crippen molar-refractivity contribution >= 4 is 35.6 Å². The van der Waals surface area contributed by atoms with Crippen molar-refractivity contribution in [3.63, 3.8) is 0 Å². The first-order valence-electron chi connectivity index (χ1n) is 6.95. The predicted octanol–water partition coefficient (Wildman–Crippen LogP) is 3.38. The highest BCUT2D eigenvalue weighted by Crippen LogP contribution is 2.40. The van der Waals surface area contributed by atoms with E-state index < -0.39 is 0 Å². The van der Waals surface area contributed by atoms with Gasteiger partial charge in [-0.05, 0) is 23.8 Å². The van der Waals surface area contributed by atoms with E-state index in [9.17, 15) is 5.11 Å². The van der Waals surface area contributed by atoms with Crippen molar-refractivity contribution in [2.75, 3.05) is 32.8 Å². The van der Waals surface area contributed by atoms with Gasteiger partial charge in [-0.2, -0.15) is 0 Å². The molecule has 1 saturated heterocycles. The van der Waals surface area contributed by atoms with Gasteiger partial charge in [-0.1, -0.05) is 37.0 Å². The zero-order valence-electron chi connectivity index (χ0n) is 12.4. The molecule has 1 aromatic rings. The first-order chi connectivity index (χ1) is 9.44. The van der Waals surface area contributed by atoms with Gasteiger partial charge in [0.1, 0.15) is 0 Å².